The first-order valence-electron chi connectivity index (χ1n) is 9.93. The summed E-state index contributed by atoms with van der Waals surface area (Å²) in [5.74, 6) is -0.000256. The Bertz CT molecular complexity index is 1270. The van der Waals surface area contributed by atoms with Crippen LogP contribution in [0.4, 0.5) is 0 Å². The van der Waals surface area contributed by atoms with E-state index in [1.807, 2.05) is 6.92 Å². The van der Waals surface area contributed by atoms with Gasteiger partial charge >= 0.3 is 5.76 Å². The highest BCUT2D eigenvalue weighted by atomic mass is 32.2. The van der Waals surface area contributed by atoms with Crippen LogP contribution in [0.3, 0.4) is 0 Å². The highest BCUT2D eigenvalue weighted by Gasteiger charge is 2.31. The van der Waals surface area contributed by atoms with Crippen LogP contribution >= 0.6 is 0 Å². The maximum atomic E-state index is 13.1. The van der Waals surface area contributed by atoms with E-state index in [0.29, 0.717) is 23.4 Å². The third-order valence-corrected chi connectivity index (χ3v) is 7.23. The Hall–Kier alpha value is -3.11. The number of fused-ring (bicyclic) bond motifs is 1. The number of aryl methyl sites for hydroxylation is 1. The van der Waals surface area contributed by atoms with Crippen LogP contribution in [0, 0.1) is 0 Å². The molecule has 0 N–H and O–H groups in total. The van der Waals surface area contributed by atoms with Gasteiger partial charge < -0.3 is 14.1 Å². The van der Waals surface area contributed by atoms with Crippen molar-refractivity contribution in [1.29, 1.82) is 0 Å². The van der Waals surface area contributed by atoms with Gasteiger partial charge in [0.2, 0.25) is 10.0 Å². The van der Waals surface area contributed by atoms with Crippen LogP contribution in [0.2, 0.25) is 0 Å². The summed E-state index contributed by atoms with van der Waals surface area (Å²) in [6, 6.07) is 11.3. The Morgan fingerprint density at radius 2 is 1.74 bits per heavy atom. The van der Waals surface area contributed by atoms with Gasteiger partial charge in [0, 0.05) is 44.9 Å². The van der Waals surface area contributed by atoms with Crippen molar-refractivity contribution in [2.45, 2.75) is 11.8 Å². The maximum Gasteiger partial charge on any atom is 0.419 e. The third kappa shape index (κ3) is 3.96. The molecule has 0 aliphatic carbocycles. The molecular formula is C21H23N3O6S. The van der Waals surface area contributed by atoms with E-state index >= 15 is 0 Å². The molecule has 0 radical (unpaired) electrons. The Morgan fingerprint density at radius 3 is 2.39 bits per heavy atom. The molecule has 1 aromatic heterocycles. The number of carbonyl (C=O) groups excluding carboxylic acids is 1. The first kappa shape index (κ1) is 21.1. The molecule has 10 heteroatoms. The van der Waals surface area contributed by atoms with E-state index in [1.54, 1.807) is 42.3 Å². The molecule has 164 valence electrons. The van der Waals surface area contributed by atoms with Gasteiger partial charge in [0.1, 0.15) is 5.75 Å². The molecule has 4 rings (SSSR count). The molecule has 0 unspecified atom stereocenters. The maximum absolute atomic E-state index is 13.1. The smallest absolute Gasteiger partial charge is 0.419 e. The molecule has 1 saturated heterocycles. The number of carbonyl (C=O) groups is 1. The van der Waals surface area contributed by atoms with E-state index in [-0.39, 0.29) is 42.6 Å². The lowest BCUT2D eigenvalue weighted by atomic mass is 10.2. The minimum absolute atomic E-state index is 0.0561. The number of piperazine rings is 1. The van der Waals surface area contributed by atoms with Crippen molar-refractivity contribution in [1.82, 2.24) is 13.8 Å². The lowest BCUT2D eigenvalue weighted by molar-refractivity contribution is 0.0698. The van der Waals surface area contributed by atoms with E-state index in [9.17, 15) is 18.0 Å². The first-order chi connectivity index (χ1) is 14.8. The second-order valence-electron chi connectivity index (χ2n) is 7.21. The standard InChI is InChI=1S/C21H23N3O6S/c1-3-29-16-6-4-15(5-7-16)20(25)23-10-12-24(13-11-23)31(27,28)17-8-9-18-19(14-17)30-21(26)22(18)2/h4-9,14H,3,10-13H2,1-2H3. The van der Waals surface area contributed by atoms with Crippen molar-refractivity contribution in [3.8, 4) is 5.75 Å². The van der Waals surface area contributed by atoms with Gasteiger partial charge in [0.05, 0.1) is 17.0 Å². The second-order valence-corrected chi connectivity index (χ2v) is 9.15. The number of amides is 1. The molecule has 0 spiro atoms. The number of oxazole rings is 1. The predicted octanol–water partition coefficient (Wildman–Crippen LogP) is 1.68. The fraction of sp³-hybridized carbons (Fsp3) is 0.333. The number of nitrogens with zero attached hydrogens (tertiary/aromatic N) is 3. The Kier molecular flexibility index (Phi) is 5.59. The van der Waals surface area contributed by atoms with Gasteiger partial charge in [-0.3, -0.25) is 9.36 Å². The zero-order chi connectivity index (χ0) is 22.2. The highest BCUT2D eigenvalue weighted by molar-refractivity contribution is 7.89. The summed E-state index contributed by atoms with van der Waals surface area (Å²) >= 11 is 0. The summed E-state index contributed by atoms with van der Waals surface area (Å²) in [4.78, 5) is 26.1. The van der Waals surface area contributed by atoms with E-state index in [4.69, 9.17) is 9.15 Å². The molecular weight excluding hydrogens is 422 g/mol. The van der Waals surface area contributed by atoms with Gasteiger partial charge in [0.25, 0.3) is 5.91 Å². The average molecular weight is 445 g/mol. The van der Waals surface area contributed by atoms with Crippen LogP contribution in [-0.2, 0) is 17.1 Å². The summed E-state index contributed by atoms with van der Waals surface area (Å²) in [6.07, 6.45) is 0. The number of rotatable bonds is 5. The molecule has 2 aromatic carbocycles. The molecule has 0 atom stereocenters. The predicted molar refractivity (Wildman–Crippen MR) is 114 cm³/mol. The number of sulfonamides is 1. The molecule has 3 aromatic rings. The van der Waals surface area contributed by atoms with Gasteiger partial charge in [-0.25, -0.2) is 13.2 Å². The minimum atomic E-state index is -3.78. The highest BCUT2D eigenvalue weighted by Crippen LogP contribution is 2.23. The largest absolute Gasteiger partial charge is 0.494 e. The second kappa shape index (κ2) is 8.20. The van der Waals surface area contributed by atoms with Crippen LogP contribution in [0.5, 0.6) is 5.75 Å². The summed E-state index contributed by atoms with van der Waals surface area (Å²) in [5.41, 5.74) is 1.27. The number of hydrogen-bond donors (Lipinski definition) is 0. The normalized spacial score (nSPS) is 15.4. The zero-order valence-corrected chi connectivity index (χ0v) is 18.1. The molecule has 0 saturated carbocycles. The first-order valence-corrected chi connectivity index (χ1v) is 11.4. The van der Waals surface area contributed by atoms with Crippen molar-refractivity contribution in [2.24, 2.45) is 7.05 Å². The molecule has 2 heterocycles. The van der Waals surface area contributed by atoms with Gasteiger partial charge in [-0.2, -0.15) is 4.31 Å². The summed E-state index contributed by atoms with van der Waals surface area (Å²) in [5, 5.41) is 0. The fourth-order valence-corrected chi connectivity index (χ4v) is 5.04. The third-order valence-electron chi connectivity index (χ3n) is 5.34. The Balaban J connectivity index is 1.46. The molecule has 1 aliphatic rings. The molecule has 1 fully saturated rings. The summed E-state index contributed by atoms with van der Waals surface area (Å²) < 4.78 is 39.3. The SMILES string of the molecule is CCOc1ccc(C(=O)N2CCN(S(=O)(=O)c3ccc4c(c3)oc(=O)n4C)CC2)cc1. The van der Waals surface area contributed by atoms with Crippen LogP contribution in [0.15, 0.2) is 56.6 Å². The van der Waals surface area contributed by atoms with Gasteiger partial charge in [0.15, 0.2) is 5.58 Å². The Morgan fingerprint density at radius 1 is 1.06 bits per heavy atom. The molecule has 9 nitrogen and oxygen atoms in total. The number of aromatic nitrogens is 1. The number of ether oxygens (including phenoxy) is 1. The molecule has 31 heavy (non-hydrogen) atoms. The minimum Gasteiger partial charge on any atom is -0.494 e. The van der Waals surface area contributed by atoms with Crippen molar-refractivity contribution in [3.05, 3.63) is 58.6 Å². The fourth-order valence-electron chi connectivity index (χ4n) is 3.60. The van der Waals surface area contributed by atoms with Gasteiger partial charge in [-0.15, -0.1) is 0 Å². The summed E-state index contributed by atoms with van der Waals surface area (Å²) in [7, 11) is -2.22. The van der Waals surface area contributed by atoms with E-state index in [2.05, 4.69) is 0 Å². The van der Waals surface area contributed by atoms with E-state index < -0.39 is 15.8 Å². The lowest BCUT2D eigenvalue weighted by Crippen LogP contribution is -2.50. The van der Waals surface area contributed by atoms with Crippen LogP contribution < -0.4 is 10.5 Å². The van der Waals surface area contributed by atoms with Crippen LogP contribution in [-0.4, -0.2) is 60.9 Å². The van der Waals surface area contributed by atoms with Crippen LogP contribution in [0.1, 0.15) is 17.3 Å². The molecule has 0 bridgehead atoms. The van der Waals surface area contributed by atoms with E-state index in [0.717, 1.165) is 0 Å². The zero-order valence-electron chi connectivity index (χ0n) is 17.3. The average Bonchev–Trinajstić information content (AvgIpc) is 3.07. The lowest BCUT2D eigenvalue weighted by Gasteiger charge is -2.34. The van der Waals surface area contributed by atoms with Crippen molar-refractivity contribution < 1.29 is 22.4 Å². The molecule has 1 aliphatic heterocycles. The van der Waals surface area contributed by atoms with Crippen LogP contribution in [0.25, 0.3) is 11.1 Å². The quantitative estimate of drug-likeness (QED) is 0.592. The van der Waals surface area contributed by atoms with Crippen molar-refractivity contribution in [2.75, 3.05) is 32.8 Å². The van der Waals surface area contributed by atoms with Gasteiger partial charge in [-0.1, -0.05) is 0 Å². The number of benzene rings is 2. The van der Waals surface area contributed by atoms with Crippen molar-refractivity contribution >= 4 is 27.0 Å². The summed E-state index contributed by atoms with van der Waals surface area (Å²) in [6.45, 7) is 3.37. The Labute approximate surface area is 179 Å². The van der Waals surface area contributed by atoms with Gasteiger partial charge in [-0.05, 0) is 43.3 Å². The topological polar surface area (TPSA) is 102 Å². The molecule has 1 amide bonds. The number of hydrogen-bond acceptors (Lipinski definition) is 6. The van der Waals surface area contributed by atoms with E-state index in [1.165, 1.54) is 21.0 Å². The van der Waals surface area contributed by atoms with Crippen molar-refractivity contribution in [3.63, 3.8) is 0 Å². The monoisotopic (exact) mass is 445 g/mol.